The van der Waals surface area contributed by atoms with Gasteiger partial charge in [-0.3, -0.25) is 14.7 Å². The number of aromatic amines is 1. The number of aromatic nitrogens is 2. The molecule has 7 nitrogen and oxygen atoms in total. The first kappa shape index (κ1) is 22.0. The van der Waals surface area contributed by atoms with Crippen molar-refractivity contribution >= 4 is 34.9 Å². The molecule has 31 heavy (non-hydrogen) atoms. The summed E-state index contributed by atoms with van der Waals surface area (Å²) in [5.74, 6) is -0.503. The Balaban J connectivity index is 1.88. The van der Waals surface area contributed by atoms with Crippen molar-refractivity contribution in [3.8, 4) is 5.75 Å². The van der Waals surface area contributed by atoms with Crippen LogP contribution in [-0.4, -0.2) is 53.7 Å². The Morgan fingerprint density at radius 3 is 2.48 bits per heavy atom. The van der Waals surface area contributed by atoms with Gasteiger partial charge in [-0.2, -0.15) is 5.10 Å². The highest BCUT2D eigenvalue weighted by atomic mass is 19.1. The van der Waals surface area contributed by atoms with Crippen molar-refractivity contribution in [2.24, 2.45) is 0 Å². The van der Waals surface area contributed by atoms with Gasteiger partial charge in [0.05, 0.1) is 35.8 Å². The van der Waals surface area contributed by atoms with Crippen molar-refractivity contribution in [2.75, 3.05) is 26.7 Å². The lowest BCUT2D eigenvalue weighted by Gasteiger charge is -2.19. The zero-order valence-corrected chi connectivity index (χ0v) is 17.7. The molecule has 8 heteroatoms. The third-order valence-corrected chi connectivity index (χ3v) is 4.98. The summed E-state index contributed by atoms with van der Waals surface area (Å²) in [5.41, 5.74) is 2.39. The van der Waals surface area contributed by atoms with E-state index in [1.165, 1.54) is 19.2 Å². The summed E-state index contributed by atoms with van der Waals surface area (Å²) >= 11 is 0. The van der Waals surface area contributed by atoms with Crippen molar-refractivity contribution in [2.45, 2.75) is 13.8 Å². The van der Waals surface area contributed by atoms with E-state index < -0.39 is 5.91 Å². The number of carbonyl (C=O) groups excluding carboxylic acids is 2. The Morgan fingerprint density at radius 1 is 1.13 bits per heavy atom. The molecule has 162 valence electrons. The molecular formula is C23H25FN4O3. The number of fused-ring (bicyclic) bond motifs is 1. The van der Waals surface area contributed by atoms with Crippen LogP contribution in [0.2, 0.25) is 0 Å². The minimum atomic E-state index is -0.408. The number of rotatable bonds is 8. The molecule has 0 radical (unpaired) electrons. The third kappa shape index (κ3) is 4.91. The molecule has 1 aromatic heterocycles. The monoisotopic (exact) mass is 424 g/mol. The van der Waals surface area contributed by atoms with Crippen LogP contribution in [0.3, 0.4) is 0 Å². The Bertz CT molecular complexity index is 1100. The average Bonchev–Trinajstić information content (AvgIpc) is 3.20. The van der Waals surface area contributed by atoms with Crippen LogP contribution >= 0.6 is 0 Å². The van der Waals surface area contributed by atoms with Crippen molar-refractivity contribution in [1.82, 2.24) is 20.4 Å². The molecule has 1 heterocycles. The van der Waals surface area contributed by atoms with E-state index in [9.17, 15) is 14.0 Å². The van der Waals surface area contributed by atoms with Gasteiger partial charge in [0.2, 0.25) is 5.91 Å². The number of nitrogens with zero attached hydrogens (tertiary/aromatic N) is 2. The normalized spacial score (nSPS) is 11.1. The fourth-order valence-electron chi connectivity index (χ4n) is 3.31. The molecule has 2 aromatic carbocycles. The number of halogens is 1. The summed E-state index contributed by atoms with van der Waals surface area (Å²) < 4.78 is 18.6. The second-order valence-electron chi connectivity index (χ2n) is 6.81. The third-order valence-electron chi connectivity index (χ3n) is 4.98. The molecule has 0 bridgehead atoms. The SMILES string of the molecule is CCN(CC)C(=O)CNC(=O)c1ccc2n[nH]c(/C=C/c3ccc(F)cc3)c2c1OC. The quantitative estimate of drug-likeness (QED) is 0.580. The van der Waals surface area contributed by atoms with Crippen LogP contribution in [0.25, 0.3) is 23.1 Å². The number of hydrogen-bond donors (Lipinski definition) is 2. The number of ether oxygens (including phenoxy) is 1. The van der Waals surface area contributed by atoms with Crippen molar-refractivity contribution in [3.05, 3.63) is 59.0 Å². The number of likely N-dealkylation sites (N-methyl/N-ethyl adjacent to an activating group) is 1. The predicted octanol–water partition coefficient (Wildman–Crippen LogP) is 3.48. The predicted molar refractivity (Wildman–Crippen MR) is 118 cm³/mol. The first-order valence-corrected chi connectivity index (χ1v) is 10.0. The van der Waals surface area contributed by atoms with E-state index in [4.69, 9.17) is 4.74 Å². The molecule has 0 fully saturated rings. The fraction of sp³-hybridized carbons (Fsp3) is 0.261. The Morgan fingerprint density at radius 2 is 1.84 bits per heavy atom. The maximum absolute atomic E-state index is 13.1. The summed E-state index contributed by atoms with van der Waals surface area (Å²) in [4.78, 5) is 26.6. The van der Waals surface area contributed by atoms with Crippen LogP contribution in [0.1, 0.15) is 35.5 Å². The average molecular weight is 424 g/mol. The van der Waals surface area contributed by atoms with E-state index in [1.54, 1.807) is 41.3 Å². The second-order valence-corrected chi connectivity index (χ2v) is 6.81. The molecule has 0 aliphatic heterocycles. The van der Waals surface area contributed by atoms with Crippen molar-refractivity contribution < 1.29 is 18.7 Å². The zero-order chi connectivity index (χ0) is 22.4. The van der Waals surface area contributed by atoms with Crippen LogP contribution in [0.15, 0.2) is 36.4 Å². The summed E-state index contributed by atoms with van der Waals surface area (Å²) in [7, 11) is 1.48. The molecule has 0 aliphatic rings. The molecular weight excluding hydrogens is 399 g/mol. The van der Waals surface area contributed by atoms with E-state index in [2.05, 4.69) is 15.5 Å². The number of H-pyrrole nitrogens is 1. The fourth-order valence-corrected chi connectivity index (χ4v) is 3.31. The molecule has 2 N–H and O–H groups in total. The lowest BCUT2D eigenvalue weighted by Crippen LogP contribution is -2.40. The summed E-state index contributed by atoms with van der Waals surface area (Å²) in [5, 5.41) is 10.5. The maximum Gasteiger partial charge on any atom is 0.255 e. The minimum absolute atomic E-state index is 0.0928. The van der Waals surface area contributed by atoms with Gasteiger partial charge in [-0.25, -0.2) is 4.39 Å². The molecule has 2 amide bonds. The highest BCUT2D eigenvalue weighted by Crippen LogP contribution is 2.32. The van der Waals surface area contributed by atoms with E-state index >= 15 is 0 Å². The van der Waals surface area contributed by atoms with Gasteiger partial charge in [0.15, 0.2) is 0 Å². The van der Waals surface area contributed by atoms with Gasteiger partial charge < -0.3 is 15.0 Å². The van der Waals surface area contributed by atoms with Crippen molar-refractivity contribution in [3.63, 3.8) is 0 Å². The Hall–Kier alpha value is -3.68. The van der Waals surface area contributed by atoms with Gasteiger partial charge in [0, 0.05) is 13.1 Å². The van der Waals surface area contributed by atoms with E-state index in [-0.39, 0.29) is 18.3 Å². The summed E-state index contributed by atoms with van der Waals surface area (Å²) in [6.45, 7) is 4.85. The standard InChI is InChI=1S/C23H25FN4O3/c1-4-28(5-2)20(29)14-25-23(30)17-11-13-19-21(22(17)31-3)18(26-27-19)12-8-15-6-9-16(24)10-7-15/h6-13H,4-5,14H2,1-3H3,(H,25,30)(H,26,27)/b12-8+. The van der Waals surface area contributed by atoms with Gasteiger partial charge in [-0.15, -0.1) is 0 Å². The van der Waals surface area contributed by atoms with Gasteiger partial charge in [-0.1, -0.05) is 18.2 Å². The number of hydrogen-bond acceptors (Lipinski definition) is 4. The van der Waals surface area contributed by atoms with Gasteiger partial charge >= 0.3 is 0 Å². The lowest BCUT2D eigenvalue weighted by molar-refractivity contribution is -0.129. The molecule has 0 spiro atoms. The largest absolute Gasteiger partial charge is 0.495 e. The van der Waals surface area contributed by atoms with Crippen LogP contribution in [0.5, 0.6) is 5.75 Å². The summed E-state index contributed by atoms with van der Waals surface area (Å²) in [6, 6.07) is 9.42. The Labute approximate surface area is 179 Å². The first-order valence-electron chi connectivity index (χ1n) is 10.0. The van der Waals surface area contributed by atoms with E-state index in [0.29, 0.717) is 41.0 Å². The number of carbonyl (C=O) groups is 2. The second kappa shape index (κ2) is 9.88. The highest BCUT2D eigenvalue weighted by molar-refractivity contribution is 6.06. The summed E-state index contributed by atoms with van der Waals surface area (Å²) in [6.07, 6.45) is 3.60. The highest BCUT2D eigenvalue weighted by Gasteiger charge is 2.20. The first-order chi connectivity index (χ1) is 15.0. The number of nitrogens with one attached hydrogen (secondary N) is 2. The smallest absolute Gasteiger partial charge is 0.255 e. The molecule has 0 saturated heterocycles. The topological polar surface area (TPSA) is 87.3 Å². The van der Waals surface area contributed by atoms with Crippen LogP contribution in [0.4, 0.5) is 4.39 Å². The van der Waals surface area contributed by atoms with Gasteiger partial charge in [-0.05, 0) is 49.8 Å². The van der Waals surface area contributed by atoms with Crippen molar-refractivity contribution in [1.29, 1.82) is 0 Å². The van der Waals surface area contributed by atoms with Gasteiger partial charge in [0.25, 0.3) is 5.91 Å². The molecule has 3 rings (SSSR count). The molecule has 0 aliphatic carbocycles. The van der Waals surface area contributed by atoms with E-state index in [0.717, 1.165) is 5.56 Å². The maximum atomic E-state index is 13.1. The van der Waals surface area contributed by atoms with Gasteiger partial charge in [0.1, 0.15) is 11.6 Å². The molecule has 0 saturated carbocycles. The van der Waals surface area contributed by atoms with Crippen LogP contribution in [-0.2, 0) is 4.79 Å². The molecule has 3 aromatic rings. The van der Waals surface area contributed by atoms with Crippen LogP contribution < -0.4 is 10.1 Å². The van der Waals surface area contributed by atoms with E-state index in [1.807, 2.05) is 13.8 Å². The molecule has 0 unspecified atom stereocenters. The number of amides is 2. The number of benzene rings is 2. The Kier molecular flexibility index (Phi) is 7.02. The molecule has 0 atom stereocenters. The lowest BCUT2D eigenvalue weighted by atomic mass is 10.1. The van der Waals surface area contributed by atoms with Crippen LogP contribution in [0, 0.1) is 5.82 Å². The number of methoxy groups -OCH3 is 1. The minimum Gasteiger partial charge on any atom is -0.495 e. The zero-order valence-electron chi connectivity index (χ0n) is 17.7.